The molecular formula is C19H20BN3O3. The molecule has 2 aromatic heterocycles. The Hall–Kier alpha value is -2.51. The van der Waals surface area contributed by atoms with Crippen molar-refractivity contribution in [1.29, 1.82) is 0 Å². The van der Waals surface area contributed by atoms with Crippen molar-refractivity contribution in [2.45, 2.75) is 38.9 Å². The fourth-order valence-electron chi connectivity index (χ4n) is 2.87. The van der Waals surface area contributed by atoms with Crippen molar-refractivity contribution in [2.24, 2.45) is 0 Å². The summed E-state index contributed by atoms with van der Waals surface area (Å²) in [6.45, 7) is 8.02. The summed E-state index contributed by atoms with van der Waals surface area (Å²) in [7, 11) is -0.516. The SMILES string of the molecule is CC1(C)OB(c2ccc(-c3nc4ccccc4c(=O)[nH]3)cn2)OC1(C)C. The highest BCUT2D eigenvalue weighted by Crippen LogP contribution is 2.36. The van der Waals surface area contributed by atoms with Gasteiger partial charge in [-0.2, -0.15) is 0 Å². The Kier molecular flexibility index (Phi) is 3.75. The molecule has 7 heteroatoms. The van der Waals surface area contributed by atoms with Crippen molar-refractivity contribution < 1.29 is 9.31 Å². The summed E-state index contributed by atoms with van der Waals surface area (Å²) < 4.78 is 12.0. The molecular weight excluding hydrogens is 329 g/mol. The molecule has 26 heavy (non-hydrogen) atoms. The predicted molar refractivity (Wildman–Crippen MR) is 101 cm³/mol. The predicted octanol–water partition coefficient (Wildman–Crippen LogP) is 2.28. The molecule has 6 nitrogen and oxygen atoms in total. The zero-order valence-corrected chi connectivity index (χ0v) is 15.2. The summed E-state index contributed by atoms with van der Waals surface area (Å²) >= 11 is 0. The fourth-order valence-corrected chi connectivity index (χ4v) is 2.87. The second kappa shape index (κ2) is 5.76. The van der Waals surface area contributed by atoms with Crippen LogP contribution in [0.1, 0.15) is 27.7 Å². The molecule has 132 valence electrons. The maximum Gasteiger partial charge on any atom is 0.514 e. The quantitative estimate of drug-likeness (QED) is 0.719. The molecule has 1 N–H and O–H groups in total. The van der Waals surface area contributed by atoms with Crippen LogP contribution >= 0.6 is 0 Å². The molecule has 1 saturated heterocycles. The van der Waals surface area contributed by atoms with Crippen LogP contribution in [-0.2, 0) is 9.31 Å². The summed E-state index contributed by atoms with van der Waals surface area (Å²) in [6.07, 6.45) is 1.67. The standard InChI is InChI=1S/C19H20BN3O3/c1-18(2)19(3,4)26-20(25-18)15-10-9-12(11-21-15)16-22-14-8-6-5-7-13(14)17(24)23-16/h5-11H,1-4H3,(H,22,23,24). The Labute approximate surface area is 151 Å². The minimum absolute atomic E-state index is 0.166. The third kappa shape index (κ3) is 2.73. The monoisotopic (exact) mass is 349 g/mol. The van der Waals surface area contributed by atoms with E-state index < -0.39 is 18.3 Å². The molecule has 0 unspecified atom stereocenters. The van der Waals surface area contributed by atoms with Crippen molar-refractivity contribution in [3.05, 3.63) is 52.9 Å². The number of nitrogens with one attached hydrogen (secondary N) is 1. The second-order valence-electron chi connectivity index (χ2n) is 7.49. The number of nitrogens with zero attached hydrogens (tertiary/aromatic N) is 2. The lowest BCUT2D eigenvalue weighted by atomic mass is 9.84. The molecule has 0 bridgehead atoms. The minimum atomic E-state index is -0.516. The molecule has 3 aromatic rings. The van der Waals surface area contributed by atoms with Crippen LogP contribution in [-0.4, -0.2) is 33.3 Å². The third-order valence-electron chi connectivity index (χ3n) is 5.17. The molecule has 0 radical (unpaired) electrons. The van der Waals surface area contributed by atoms with E-state index in [0.29, 0.717) is 22.3 Å². The Morgan fingerprint density at radius 1 is 1.00 bits per heavy atom. The smallest absolute Gasteiger partial charge is 0.398 e. The molecule has 1 fully saturated rings. The summed E-state index contributed by atoms with van der Waals surface area (Å²) in [5, 5.41) is 0.568. The van der Waals surface area contributed by atoms with Crippen LogP contribution < -0.4 is 11.2 Å². The molecule has 0 atom stereocenters. The van der Waals surface area contributed by atoms with Gasteiger partial charge < -0.3 is 14.3 Å². The van der Waals surface area contributed by atoms with Crippen LogP contribution in [0, 0.1) is 0 Å². The highest BCUT2D eigenvalue weighted by Gasteiger charge is 2.52. The van der Waals surface area contributed by atoms with Gasteiger partial charge in [0.2, 0.25) is 0 Å². The van der Waals surface area contributed by atoms with Crippen molar-refractivity contribution in [1.82, 2.24) is 15.0 Å². The van der Waals surface area contributed by atoms with E-state index in [1.54, 1.807) is 12.3 Å². The topological polar surface area (TPSA) is 77.1 Å². The lowest BCUT2D eigenvalue weighted by Gasteiger charge is -2.32. The maximum absolute atomic E-state index is 12.2. The van der Waals surface area contributed by atoms with E-state index in [1.165, 1.54) is 0 Å². The van der Waals surface area contributed by atoms with Gasteiger partial charge in [0, 0.05) is 11.8 Å². The summed E-state index contributed by atoms with van der Waals surface area (Å²) in [6, 6.07) is 11.0. The maximum atomic E-state index is 12.2. The molecule has 3 heterocycles. The van der Waals surface area contributed by atoms with Gasteiger partial charge in [0.1, 0.15) is 5.82 Å². The van der Waals surface area contributed by atoms with Gasteiger partial charge in [0.15, 0.2) is 0 Å². The van der Waals surface area contributed by atoms with Crippen molar-refractivity contribution >= 4 is 23.6 Å². The molecule has 0 amide bonds. The normalized spacial score (nSPS) is 18.4. The Bertz CT molecular complexity index is 1010. The van der Waals surface area contributed by atoms with E-state index in [4.69, 9.17) is 9.31 Å². The van der Waals surface area contributed by atoms with Crippen LogP contribution in [0.5, 0.6) is 0 Å². The first-order chi connectivity index (χ1) is 12.3. The van der Waals surface area contributed by atoms with E-state index in [-0.39, 0.29) is 5.56 Å². The van der Waals surface area contributed by atoms with Gasteiger partial charge in [0.05, 0.1) is 27.7 Å². The van der Waals surface area contributed by atoms with Crippen LogP contribution in [0.2, 0.25) is 0 Å². The average molecular weight is 349 g/mol. The van der Waals surface area contributed by atoms with Crippen LogP contribution in [0.3, 0.4) is 0 Å². The van der Waals surface area contributed by atoms with Gasteiger partial charge >= 0.3 is 7.12 Å². The fraction of sp³-hybridized carbons (Fsp3) is 0.316. The third-order valence-corrected chi connectivity index (χ3v) is 5.17. The molecule has 1 aromatic carbocycles. The van der Waals surface area contributed by atoms with Gasteiger partial charge in [-0.25, -0.2) is 4.98 Å². The first kappa shape index (κ1) is 16.9. The zero-order chi connectivity index (χ0) is 18.5. The molecule has 1 aliphatic rings. The van der Waals surface area contributed by atoms with Gasteiger partial charge in [-0.05, 0) is 52.0 Å². The molecule has 0 saturated carbocycles. The summed E-state index contributed by atoms with van der Waals surface area (Å²) in [5.41, 5.74) is 1.08. The molecule has 1 aliphatic heterocycles. The number of pyridine rings is 1. The number of para-hydroxylation sites is 1. The second-order valence-corrected chi connectivity index (χ2v) is 7.49. The average Bonchev–Trinajstić information content (AvgIpc) is 2.83. The van der Waals surface area contributed by atoms with Crippen LogP contribution in [0.25, 0.3) is 22.3 Å². The van der Waals surface area contributed by atoms with E-state index in [1.807, 2.05) is 58.0 Å². The van der Waals surface area contributed by atoms with E-state index >= 15 is 0 Å². The van der Waals surface area contributed by atoms with Crippen molar-refractivity contribution in [3.63, 3.8) is 0 Å². The van der Waals surface area contributed by atoms with Crippen LogP contribution in [0.4, 0.5) is 0 Å². The highest BCUT2D eigenvalue weighted by atomic mass is 16.7. The minimum Gasteiger partial charge on any atom is -0.398 e. The number of aromatic amines is 1. The molecule has 4 rings (SSSR count). The van der Waals surface area contributed by atoms with Crippen molar-refractivity contribution in [2.75, 3.05) is 0 Å². The zero-order valence-electron chi connectivity index (χ0n) is 15.2. The Morgan fingerprint density at radius 3 is 2.35 bits per heavy atom. The Balaban J connectivity index is 1.66. The number of benzene rings is 1. The number of rotatable bonds is 2. The molecule has 0 spiro atoms. The highest BCUT2D eigenvalue weighted by molar-refractivity contribution is 6.61. The van der Waals surface area contributed by atoms with Gasteiger partial charge in [0.25, 0.3) is 5.56 Å². The summed E-state index contributed by atoms with van der Waals surface area (Å²) in [5.74, 6) is 0.488. The first-order valence-corrected chi connectivity index (χ1v) is 8.58. The lowest BCUT2D eigenvalue weighted by molar-refractivity contribution is 0.00578. The number of fused-ring (bicyclic) bond motifs is 1. The number of H-pyrrole nitrogens is 1. The van der Waals surface area contributed by atoms with E-state index in [0.717, 1.165) is 5.56 Å². The van der Waals surface area contributed by atoms with Crippen molar-refractivity contribution in [3.8, 4) is 11.4 Å². The van der Waals surface area contributed by atoms with Gasteiger partial charge in [-0.3, -0.25) is 9.78 Å². The van der Waals surface area contributed by atoms with Gasteiger partial charge in [-0.15, -0.1) is 0 Å². The largest absolute Gasteiger partial charge is 0.514 e. The van der Waals surface area contributed by atoms with E-state index in [2.05, 4.69) is 15.0 Å². The lowest BCUT2D eigenvalue weighted by Crippen LogP contribution is -2.41. The Morgan fingerprint density at radius 2 is 1.69 bits per heavy atom. The summed E-state index contributed by atoms with van der Waals surface area (Å²) in [4.78, 5) is 24.0. The van der Waals surface area contributed by atoms with E-state index in [9.17, 15) is 4.79 Å². The van der Waals surface area contributed by atoms with Crippen LogP contribution in [0.15, 0.2) is 47.4 Å². The number of hydrogen-bond acceptors (Lipinski definition) is 5. The number of hydrogen-bond donors (Lipinski definition) is 1. The first-order valence-electron chi connectivity index (χ1n) is 8.58. The number of aromatic nitrogens is 3. The molecule has 0 aliphatic carbocycles. The van der Waals surface area contributed by atoms with Gasteiger partial charge in [-0.1, -0.05) is 12.1 Å².